The van der Waals surface area contributed by atoms with Gasteiger partial charge in [-0.15, -0.1) is 0 Å². The topological polar surface area (TPSA) is 8.17 Å². The lowest BCUT2D eigenvalue weighted by Crippen LogP contribution is -2.18. The second-order valence-corrected chi connectivity index (χ2v) is 8.54. The van der Waals surface area contributed by atoms with Crippen LogP contribution in [0.1, 0.15) is 6.92 Å². The van der Waals surface area contributed by atoms with Crippen LogP contribution in [-0.2, 0) is 0 Å². The van der Waals surface area contributed by atoms with Gasteiger partial charge in [0.1, 0.15) is 5.82 Å². The number of para-hydroxylation sites is 1. The second-order valence-electron chi connectivity index (χ2n) is 8.54. The minimum absolute atomic E-state index is 0.896. The van der Waals surface area contributed by atoms with Gasteiger partial charge >= 0.3 is 0 Å². The molecule has 0 amide bonds. The van der Waals surface area contributed by atoms with E-state index in [2.05, 4.69) is 120 Å². The Labute approximate surface area is 186 Å². The molecule has 5 aromatic carbocycles. The molecule has 1 aromatic heterocycles. The van der Waals surface area contributed by atoms with E-state index in [1.807, 2.05) is 0 Å². The molecule has 1 aliphatic heterocycles. The van der Waals surface area contributed by atoms with E-state index in [9.17, 15) is 0 Å². The smallest absolute Gasteiger partial charge is 0.118 e. The first kappa shape index (κ1) is 17.6. The Kier molecular flexibility index (Phi) is 3.57. The van der Waals surface area contributed by atoms with Gasteiger partial charge in [0.25, 0.3) is 0 Å². The van der Waals surface area contributed by atoms with Crippen molar-refractivity contribution in [3.8, 4) is 16.8 Å². The largest absolute Gasteiger partial charge is 0.327 e. The van der Waals surface area contributed by atoms with Gasteiger partial charge < -0.3 is 4.90 Å². The molecule has 1 aliphatic rings. The zero-order valence-corrected chi connectivity index (χ0v) is 17.9. The predicted molar refractivity (Wildman–Crippen MR) is 136 cm³/mol. The van der Waals surface area contributed by atoms with Crippen molar-refractivity contribution in [1.82, 2.24) is 4.57 Å². The number of hydrogen-bond acceptors (Lipinski definition) is 1. The number of aromatic nitrogens is 1. The lowest BCUT2D eigenvalue weighted by atomic mass is 9.93. The van der Waals surface area contributed by atoms with Crippen LogP contribution >= 0.6 is 0 Å². The SMILES string of the molecule is CCN1c2cc3ccccc3cc2-c2c(ccc3ccccc23)-n2c1cc1ccccc12. The Balaban J connectivity index is 1.74. The van der Waals surface area contributed by atoms with Gasteiger partial charge in [-0.3, -0.25) is 4.57 Å². The predicted octanol–water partition coefficient (Wildman–Crippen LogP) is 8.08. The van der Waals surface area contributed by atoms with E-state index in [1.54, 1.807) is 0 Å². The number of fused-ring (bicyclic) bond motifs is 10. The third-order valence-electron chi connectivity index (χ3n) is 6.86. The summed E-state index contributed by atoms with van der Waals surface area (Å²) in [6.07, 6.45) is 0. The van der Waals surface area contributed by atoms with Crippen molar-refractivity contribution in [2.45, 2.75) is 6.92 Å². The number of hydrogen-bond donors (Lipinski definition) is 0. The average molecular weight is 411 g/mol. The molecule has 6 aromatic rings. The summed E-state index contributed by atoms with van der Waals surface area (Å²) in [5.74, 6) is 1.22. The molecule has 0 aliphatic carbocycles. The van der Waals surface area contributed by atoms with Crippen molar-refractivity contribution < 1.29 is 0 Å². The van der Waals surface area contributed by atoms with E-state index >= 15 is 0 Å². The average Bonchev–Trinajstić information content (AvgIpc) is 3.17. The van der Waals surface area contributed by atoms with Crippen molar-refractivity contribution in [2.24, 2.45) is 0 Å². The highest BCUT2D eigenvalue weighted by Crippen LogP contribution is 2.48. The molecule has 2 heterocycles. The quantitative estimate of drug-likeness (QED) is 0.266. The van der Waals surface area contributed by atoms with E-state index < -0.39 is 0 Å². The van der Waals surface area contributed by atoms with Gasteiger partial charge in [-0.1, -0.05) is 72.8 Å². The molecule has 0 saturated carbocycles. The van der Waals surface area contributed by atoms with Gasteiger partial charge in [-0.2, -0.15) is 0 Å². The normalized spacial score (nSPS) is 12.6. The van der Waals surface area contributed by atoms with Crippen LogP contribution < -0.4 is 4.90 Å². The Morgan fingerprint density at radius 1 is 0.594 bits per heavy atom. The van der Waals surface area contributed by atoms with Gasteiger partial charge in [0.2, 0.25) is 0 Å². The Hall–Kier alpha value is -4.04. The zero-order chi connectivity index (χ0) is 21.2. The van der Waals surface area contributed by atoms with E-state index in [1.165, 1.54) is 60.8 Å². The molecule has 7 rings (SSSR count). The number of rotatable bonds is 1. The molecule has 0 N–H and O–H groups in total. The fourth-order valence-corrected chi connectivity index (χ4v) is 5.43. The summed E-state index contributed by atoms with van der Waals surface area (Å²) in [5.41, 5.74) is 6.36. The van der Waals surface area contributed by atoms with Gasteiger partial charge in [0.05, 0.1) is 16.9 Å². The third kappa shape index (κ3) is 2.29. The lowest BCUT2D eigenvalue weighted by molar-refractivity contribution is 0.969. The molecule has 152 valence electrons. The molecular formula is C30H22N2. The fraction of sp³-hybridized carbons (Fsp3) is 0.0667. The fourth-order valence-electron chi connectivity index (χ4n) is 5.43. The van der Waals surface area contributed by atoms with E-state index in [0.29, 0.717) is 0 Å². The standard InChI is InChI=1S/C30H22N2/c1-2-31-28-18-22-11-4-3-10-21(22)17-25(28)30-24-13-7-5-9-20(24)15-16-27(30)32-26-14-8-6-12-23(26)19-29(31)32/h3-19H,2H2,1H3. The van der Waals surface area contributed by atoms with Gasteiger partial charge in [0.15, 0.2) is 0 Å². The first-order chi connectivity index (χ1) is 15.8. The molecular weight excluding hydrogens is 388 g/mol. The zero-order valence-electron chi connectivity index (χ0n) is 17.9. The van der Waals surface area contributed by atoms with Crippen molar-refractivity contribution >= 4 is 44.0 Å². The first-order valence-electron chi connectivity index (χ1n) is 11.3. The minimum atomic E-state index is 0.896. The second kappa shape index (κ2) is 6.48. The molecule has 0 bridgehead atoms. The number of nitrogens with zero attached hydrogens (tertiary/aromatic N) is 2. The molecule has 2 nitrogen and oxygen atoms in total. The van der Waals surface area contributed by atoms with Crippen molar-refractivity contribution in [2.75, 3.05) is 11.4 Å². The van der Waals surface area contributed by atoms with E-state index in [0.717, 1.165) is 6.54 Å². The molecule has 0 radical (unpaired) electrons. The Morgan fingerprint density at radius 2 is 1.28 bits per heavy atom. The van der Waals surface area contributed by atoms with E-state index in [-0.39, 0.29) is 0 Å². The third-order valence-corrected chi connectivity index (χ3v) is 6.86. The lowest BCUT2D eigenvalue weighted by Gasteiger charge is -2.24. The maximum Gasteiger partial charge on any atom is 0.118 e. The van der Waals surface area contributed by atoms with Crippen LogP contribution in [0.15, 0.2) is 103 Å². The van der Waals surface area contributed by atoms with Crippen LogP contribution in [0.25, 0.3) is 49.3 Å². The highest BCUT2D eigenvalue weighted by atomic mass is 15.3. The molecule has 0 unspecified atom stereocenters. The highest BCUT2D eigenvalue weighted by Gasteiger charge is 2.27. The first-order valence-corrected chi connectivity index (χ1v) is 11.3. The summed E-state index contributed by atoms with van der Waals surface area (Å²) < 4.78 is 2.45. The van der Waals surface area contributed by atoms with Gasteiger partial charge in [0, 0.05) is 23.1 Å². The molecule has 0 spiro atoms. The highest BCUT2D eigenvalue weighted by molar-refractivity contribution is 6.09. The van der Waals surface area contributed by atoms with Gasteiger partial charge in [-0.25, -0.2) is 0 Å². The van der Waals surface area contributed by atoms with Crippen LogP contribution in [0.5, 0.6) is 0 Å². The number of benzene rings is 5. The van der Waals surface area contributed by atoms with Crippen LogP contribution in [0, 0.1) is 0 Å². The number of anilines is 2. The van der Waals surface area contributed by atoms with Crippen molar-refractivity contribution in [3.63, 3.8) is 0 Å². The van der Waals surface area contributed by atoms with Gasteiger partial charge in [-0.05, 0) is 58.8 Å². The Morgan fingerprint density at radius 3 is 2.09 bits per heavy atom. The summed E-state index contributed by atoms with van der Waals surface area (Å²) in [6.45, 7) is 3.14. The van der Waals surface area contributed by atoms with Crippen molar-refractivity contribution in [1.29, 1.82) is 0 Å². The maximum atomic E-state index is 2.47. The summed E-state index contributed by atoms with van der Waals surface area (Å²) in [5, 5.41) is 6.38. The molecule has 0 fully saturated rings. The van der Waals surface area contributed by atoms with E-state index in [4.69, 9.17) is 0 Å². The summed E-state index contributed by atoms with van der Waals surface area (Å²) in [4.78, 5) is 2.47. The van der Waals surface area contributed by atoms with Crippen molar-refractivity contribution in [3.05, 3.63) is 103 Å². The summed E-state index contributed by atoms with van der Waals surface area (Å²) >= 11 is 0. The molecule has 2 heteroatoms. The minimum Gasteiger partial charge on any atom is -0.327 e. The van der Waals surface area contributed by atoms with Crippen LogP contribution in [-0.4, -0.2) is 11.1 Å². The summed E-state index contributed by atoms with van der Waals surface area (Å²) in [6, 6.07) is 37.8. The molecule has 0 atom stereocenters. The van der Waals surface area contributed by atoms with Crippen LogP contribution in [0.4, 0.5) is 11.5 Å². The summed E-state index contributed by atoms with van der Waals surface area (Å²) in [7, 11) is 0. The monoisotopic (exact) mass is 410 g/mol. The molecule has 0 saturated heterocycles. The van der Waals surface area contributed by atoms with Crippen LogP contribution in [0.2, 0.25) is 0 Å². The van der Waals surface area contributed by atoms with Crippen LogP contribution in [0.3, 0.4) is 0 Å². The Bertz CT molecular complexity index is 1670. The molecule has 32 heavy (non-hydrogen) atoms. The maximum absolute atomic E-state index is 2.47.